The quantitative estimate of drug-likeness (QED) is 0.564. The molecule has 2 N–H and O–H groups in total. The zero-order valence-corrected chi connectivity index (χ0v) is 16.1. The van der Waals surface area contributed by atoms with E-state index in [1.165, 1.54) is 0 Å². The average molecular weight is 387 g/mol. The molecule has 0 saturated heterocycles. The van der Waals surface area contributed by atoms with Gasteiger partial charge in [-0.3, -0.25) is 4.79 Å². The van der Waals surface area contributed by atoms with E-state index in [2.05, 4.69) is 19.9 Å². The van der Waals surface area contributed by atoms with Crippen molar-refractivity contribution in [3.05, 3.63) is 77.6 Å². The lowest BCUT2D eigenvalue weighted by atomic mass is 9.94. The summed E-state index contributed by atoms with van der Waals surface area (Å²) in [5.74, 6) is 0.871. The predicted molar refractivity (Wildman–Crippen MR) is 109 cm³/mol. The van der Waals surface area contributed by atoms with Crippen LogP contribution < -0.4 is 4.74 Å². The molecule has 3 heterocycles. The topological polar surface area (TPSA) is 86.9 Å². The molecule has 0 saturated carbocycles. The number of rotatable bonds is 4. The second-order valence-electron chi connectivity index (χ2n) is 7.21. The first-order valence-corrected chi connectivity index (χ1v) is 9.60. The molecule has 2 aromatic carbocycles. The van der Waals surface area contributed by atoms with Gasteiger partial charge in [0.05, 0.1) is 42.9 Å². The van der Waals surface area contributed by atoms with Gasteiger partial charge in [0.1, 0.15) is 11.8 Å². The molecule has 7 heteroatoms. The second-order valence-corrected chi connectivity index (χ2v) is 7.21. The van der Waals surface area contributed by atoms with E-state index in [1.54, 1.807) is 19.8 Å². The highest BCUT2D eigenvalue weighted by atomic mass is 16.5. The summed E-state index contributed by atoms with van der Waals surface area (Å²) in [4.78, 5) is 30.4. The van der Waals surface area contributed by atoms with Crippen molar-refractivity contribution >= 4 is 16.9 Å². The summed E-state index contributed by atoms with van der Waals surface area (Å²) in [5.41, 5.74) is 5.84. The monoisotopic (exact) mass is 387 g/mol. The van der Waals surface area contributed by atoms with Gasteiger partial charge in [-0.2, -0.15) is 0 Å². The summed E-state index contributed by atoms with van der Waals surface area (Å²) in [7, 11) is 1.65. The third kappa shape index (κ3) is 3.14. The van der Waals surface area contributed by atoms with Crippen molar-refractivity contribution in [3.8, 4) is 5.75 Å². The Balaban J connectivity index is 1.47. The molecule has 29 heavy (non-hydrogen) atoms. The Morgan fingerprint density at radius 2 is 1.97 bits per heavy atom. The number of ether oxygens (including phenoxy) is 1. The van der Waals surface area contributed by atoms with Gasteiger partial charge in [0.2, 0.25) is 5.91 Å². The van der Waals surface area contributed by atoms with Crippen molar-refractivity contribution in [1.29, 1.82) is 0 Å². The van der Waals surface area contributed by atoms with Crippen LogP contribution in [0.1, 0.15) is 28.6 Å². The van der Waals surface area contributed by atoms with Crippen molar-refractivity contribution in [2.24, 2.45) is 0 Å². The summed E-state index contributed by atoms with van der Waals surface area (Å²) in [5, 5.41) is 0. The zero-order valence-electron chi connectivity index (χ0n) is 16.1. The molecule has 0 aliphatic carbocycles. The maximum atomic E-state index is 13.3. The number of carbonyl (C=O) groups excluding carboxylic acids is 1. The molecule has 0 unspecified atom stereocenters. The van der Waals surface area contributed by atoms with Crippen LogP contribution in [0.25, 0.3) is 11.0 Å². The van der Waals surface area contributed by atoms with Crippen LogP contribution in [0, 0.1) is 0 Å². The maximum Gasteiger partial charge on any atom is 0.227 e. The van der Waals surface area contributed by atoms with Crippen molar-refractivity contribution < 1.29 is 9.53 Å². The molecule has 1 aliphatic rings. The molecule has 0 radical (unpaired) electrons. The van der Waals surface area contributed by atoms with Gasteiger partial charge in [0, 0.05) is 18.7 Å². The van der Waals surface area contributed by atoms with E-state index in [0.29, 0.717) is 13.0 Å². The van der Waals surface area contributed by atoms with Crippen LogP contribution in [0.15, 0.2) is 55.1 Å². The smallest absolute Gasteiger partial charge is 0.227 e. The van der Waals surface area contributed by atoms with Crippen molar-refractivity contribution in [3.63, 3.8) is 0 Å². The first-order chi connectivity index (χ1) is 14.2. The lowest BCUT2D eigenvalue weighted by Gasteiger charge is -2.35. The highest BCUT2D eigenvalue weighted by Crippen LogP contribution is 2.34. The third-order valence-electron chi connectivity index (χ3n) is 5.52. The lowest BCUT2D eigenvalue weighted by Crippen LogP contribution is -2.41. The van der Waals surface area contributed by atoms with Crippen molar-refractivity contribution in [1.82, 2.24) is 24.8 Å². The molecule has 1 atom stereocenters. The van der Waals surface area contributed by atoms with E-state index in [9.17, 15) is 4.79 Å². The van der Waals surface area contributed by atoms with E-state index in [-0.39, 0.29) is 11.9 Å². The number of fused-ring (bicyclic) bond motifs is 2. The molecule has 7 nitrogen and oxygen atoms in total. The number of H-pyrrole nitrogens is 2. The molecule has 1 aliphatic heterocycles. The highest BCUT2D eigenvalue weighted by molar-refractivity contribution is 5.82. The summed E-state index contributed by atoms with van der Waals surface area (Å²) in [6, 6.07) is 13.5. The first-order valence-electron chi connectivity index (χ1n) is 9.60. The van der Waals surface area contributed by atoms with Crippen LogP contribution in [0.5, 0.6) is 5.75 Å². The molecule has 1 amide bonds. The number of carbonyl (C=O) groups is 1. The second kappa shape index (κ2) is 7.09. The largest absolute Gasteiger partial charge is 0.497 e. The fourth-order valence-corrected chi connectivity index (χ4v) is 4.04. The number of hydrogen-bond acceptors (Lipinski definition) is 4. The van der Waals surface area contributed by atoms with Gasteiger partial charge in [-0.15, -0.1) is 0 Å². The van der Waals surface area contributed by atoms with Crippen molar-refractivity contribution in [2.45, 2.75) is 18.9 Å². The van der Waals surface area contributed by atoms with Gasteiger partial charge in [-0.05, 0) is 35.4 Å². The zero-order chi connectivity index (χ0) is 19.8. The third-order valence-corrected chi connectivity index (χ3v) is 5.52. The predicted octanol–water partition coefficient (Wildman–Crippen LogP) is 3.01. The van der Waals surface area contributed by atoms with E-state index in [4.69, 9.17) is 4.74 Å². The fourth-order valence-electron chi connectivity index (χ4n) is 4.04. The van der Waals surface area contributed by atoms with Gasteiger partial charge in [-0.1, -0.05) is 18.2 Å². The molecule has 5 rings (SSSR count). The Hall–Kier alpha value is -3.61. The number of imidazole rings is 2. The van der Waals surface area contributed by atoms with E-state index >= 15 is 0 Å². The Labute approximate surface area is 167 Å². The molecular weight excluding hydrogens is 366 g/mol. The highest BCUT2D eigenvalue weighted by Gasteiger charge is 2.33. The number of nitrogens with one attached hydrogen (secondary N) is 2. The first kappa shape index (κ1) is 17.5. The van der Waals surface area contributed by atoms with Crippen LogP contribution in [0.2, 0.25) is 0 Å². The van der Waals surface area contributed by atoms with Gasteiger partial charge < -0.3 is 19.6 Å². The number of amides is 1. The summed E-state index contributed by atoms with van der Waals surface area (Å²) in [6.07, 6.45) is 4.48. The maximum absolute atomic E-state index is 13.3. The number of benzene rings is 2. The van der Waals surface area contributed by atoms with E-state index in [0.717, 1.165) is 45.7 Å². The van der Waals surface area contributed by atoms with Gasteiger partial charge in [0.15, 0.2) is 0 Å². The minimum Gasteiger partial charge on any atom is -0.497 e. The minimum atomic E-state index is -0.209. The Kier molecular flexibility index (Phi) is 4.27. The van der Waals surface area contributed by atoms with Crippen LogP contribution in [0.3, 0.4) is 0 Å². The van der Waals surface area contributed by atoms with E-state index < -0.39 is 0 Å². The summed E-state index contributed by atoms with van der Waals surface area (Å²) < 4.78 is 5.28. The SMILES string of the molecule is COc1ccc([C@H]2c3nc[nH]c3CCN2C(=O)Cc2ccc3nc[nH]c3c2)cc1. The minimum absolute atomic E-state index is 0.0818. The number of nitrogens with zero attached hydrogens (tertiary/aromatic N) is 3. The number of methoxy groups -OCH3 is 1. The summed E-state index contributed by atoms with van der Waals surface area (Å²) in [6.45, 7) is 0.650. The standard InChI is InChI=1S/C22H21N5O2/c1-29-16-5-3-15(4-6-16)22-21-18(24-13-26-21)8-9-27(22)20(28)11-14-2-7-17-19(10-14)25-12-23-17/h2-7,10,12-13,22H,8-9,11H2,1H3,(H,23,25)(H,24,26)/t22-/m0/s1. The summed E-state index contributed by atoms with van der Waals surface area (Å²) >= 11 is 0. The molecule has 0 spiro atoms. The van der Waals surface area contributed by atoms with Crippen LogP contribution >= 0.6 is 0 Å². The number of hydrogen-bond donors (Lipinski definition) is 2. The molecule has 0 fully saturated rings. The molecule has 146 valence electrons. The Morgan fingerprint density at radius 3 is 2.79 bits per heavy atom. The van der Waals surface area contributed by atoms with Crippen LogP contribution in [-0.4, -0.2) is 44.4 Å². The molecule has 2 aromatic heterocycles. The number of aromatic nitrogens is 4. The Morgan fingerprint density at radius 1 is 1.14 bits per heavy atom. The normalized spacial score (nSPS) is 16.0. The molecule has 0 bridgehead atoms. The van der Waals surface area contributed by atoms with Crippen LogP contribution in [0.4, 0.5) is 0 Å². The van der Waals surface area contributed by atoms with Crippen molar-refractivity contribution in [2.75, 3.05) is 13.7 Å². The fraction of sp³-hybridized carbons (Fsp3) is 0.227. The number of aromatic amines is 2. The average Bonchev–Trinajstić information content (AvgIpc) is 3.42. The van der Waals surface area contributed by atoms with E-state index in [1.807, 2.05) is 47.4 Å². The van der Waals surface area contributed by atoms with Crippen LogP contribution in [-0.2, 0) is 17.6 Å². The molecule has 4 aromatic rings. The van der Waals surface area contributed by atoms with Gasteiger partial charge in [-0.25, -0.2) is 9.97 Å². The Bertz CT molecular complexity index is 1160. The molecular formula is C22H21N5O2. The lowest BCUT2D eigenvalue weighted by molar-refractivity contribution is -0.132. The van der Waals surface area contributed by atoms with Gasteiger partial charge >= 0.3 is 0 Å². The van der Waals surface area contributed by atoms with Gasteiger partial charge in [0.25, 0.3) is 0 Å².